The van der Waals surface area contributed by atoms with Gasteiger partial charge in [-0.25, -0.2) is 0 Å². The van der Waals surface area contributed by atoms with E-state index < -0.39 is 0 Å². The highest BCUT2D eigenvalue weighted by Gasteiger charge is 2.07. The van der Waals surface area contributed by atoms with Gasteiger partial charge in [0.15, 0.2) is 11.7 Å². The zero-order valence-corrected chi connectivity index (χ0v) is 15.2. The molecule has 5 heteroatoms. The van der Waals surface area contributed by atoms with Gasteiger partial charge in [0.2, 0.25) is 0 Å². The van der Waals surface area contributed by atoms with Crippen molar-refractivity contribution in [1.82, 2.24) is 5.32 Å². The molecule has 126 valence electrons. The standard InChI is InChI=1S/C19H22N2O2S/c1-12-7-13(2)9-16(8-12)20-19(24)21-18(22)11-23-17-6-5-14(3)15(4)10-17/h5-10H,11H2,1-4H3,(H2,20,21,22,24). The Hall–Kier alpha value is -2.40. The Kier molecular flexibility index (Phi) is 5.93. The molecule has 24 heavy (non-hydrogen) atoms. The molecule has 0 atom stereocenters. The van der Waals surface area contributed by atoms with E-state index in [4.69, 9.17) is 17.0 Å². The van der Waals surface area contributed by atoms with Crippen LogP contribution in [0.1, 0.15) is 22.3 Å². The van der Waals surface area contributed by atoms with E-state index in [2.05, 4.69) is 16.7 Å². The van der Waals surface area contributed by atoms with Crippen molar-refractivity contribution >= 4 is 28.9 Å². The second-order valence-corrected chi connectivity index (χ2v) is 6.32. The SMILES string of the molecule is Cc1cc(C)cc(NC(=S)NC(=O)COc2ccc(C)c(C)c2)c1. The molecule has 2 aromatic carbocycles. The zero-order valence-electron chi connectivity index (χ0n) is 14.4. The summed E-state index contributed by atoms with van der Waals surface area (Å²) in [6.45, 7) is 7.97. The van der Waals surface area contributed by atoms with Crippen LogP contribution in [0.2, 0.25) is 0 Å². The molecular weight excluding hydrogens is 320 g/mol. The Balaban J connectivity index is 1.85. The maximum absolute atomic E-state index is 11.9. The topological polar surface area (TPSA) is 50.4 Å². The molecule has 2 N–H and O–H groups in total. The molecule has 1 amide bonds. The summed E-state index contributed by atoms with van der Waals surface area (Å²) >= 11 is 5.17. The van der Waals surface area contributed by atoms with Gasteiger partial charge in [0.25, 0.3) is 5.91 Å². The molecule has 2 rings (SSSR count). The summed E-state index contributed by atoms with van der Waals surface area (Å²) in [6.07, 6.45) is 0. The van der Waals surface area contributed by atoms with Gasteiger partial charge >= 0.3 is 0 Å². The summed E-state index contributed by atoms with van der Waals surface area (Å²) in [6, 6.07) is 11.7. The number of benzene rings is 2. The van der Waals surface area contributed by atoms with Crippen LogP contribution in [0.3, 0.4) is 0 Å². The van der Waals surface area contributed by atoms with E-state index in [0.29, 0.717) is 5.75 Å². The van der Waals surface area contributed by atoms with Crippen molar-refractivity contribution in [3.8, 4) is 5.75 Å². The number of hydrogen-bond donors (Lipinski definition) is 2. The second kappa shape index (κ2) is 7.93. The van der Waals surface area contributed by atoms with Crippen LogP contribution in [0.15, 0.2) is 36.4 Å². The maximum atomic E-state index is 11.9. The van der Waals surface area contributed by atoms with E-state index in [0.717, 1.165) is 22.4 Å². The molecular formula is C19H22N2O2S. The highest BCUT2D eigenvalue weighted by molar-refractivity contribution is 7.80. The van der Waals surface area contributed by atoms with E-state index in [-0.39, 0.29) is 17.6 Å². The van der Waals surface area contributed by atoms with Gasteiger partial charge in [-0.3, -0.25) is 10.1 Å². The smallest absolute Gasteiger partial charge is 0.264 e. The van der Waals surface area contributed by atoms with Crippen molar-refractivity contribution < 1.29 is 9.53 Å². The fourth-order valence-electron chi connectivity index (χ4n) is 2.32. The number of amides is 1. The fraction of sp³-hybridized carbons (Fsp3) is 0.263. The molecule has 4 nitrogen and oxygen atoms in total. The molecule has 0 heterocycles. The lowest BCUT2D eigenvalue weighted by Gasteiger charge is -2.12. The molecule has 0 aliphatic rings. The predicted molar refractivity (Wildman–Crippen MR) is 102 cm³/mol. The number of thiocarbonyl (C=S) groups is 1. The molecule has 0 radical (unpaired) electrons. The van der Waals surface area contributed by atoms with E-state index >= 15 is 0 Å². The number of rotatable bonds is 4. The molecule has 0 saturated carbocycles. The largest absolute Gasteiger partial charge is 0.484 e. The van der Waals surface area contributed by atoms with Crippen LogP contribution in [0.4, 0.5) is 5.69 Å². The van der Waals surface area contributed by atoms with Crippen LogP contribution in [0, 0.1) is 27.7 Å². The van der Waals surface area contributed by atoms with Crippen LogP contribution in [0.5, 0.6) is 5.75 Å². The third kappa shape index (κ3) is 5.35. The minimum absolute atomic E-state index is 0.0861. The van der Waals surface area contributed by atoms with Crippen molar-refractivity contribution in [2.75, 3.05) is 11.9 Å². The average molecular weight is 342 g/mol. The summed E-state index contributed by atoms with van der Waals surface area (Å²) in [5.41, 5.74) is 5.42. The van der Waals surface area contributed by atoms with Gasteiger partial charge in [-0.2, -0.15) is 0 Å². The number of carbonyl (C=O) groups excluding carboxylic acids is 1. The van der Waals surface area contributed by atoms with Gasteiger partial charge < -0.3 is 10.1 Å². The number of anilines is 1. The Morgan fingerprint density at radius 2 is 1.67 bits per heavy atom. The number of aryl methyl sites for hydroxylation is 4. The summed E-state index contributed by atoms with van der Waals surface area (Å²) in [4.78, 5) is 11.9. The van der Waals surface area contributed by atoms with E-state index in [1.807, 2.05) is 58.0 Å². The summed E-state index contributed by atoms with van der Waals surface area (Å²) in [5.74, 6) is 0.372. The normalized spacial score (nSPS) is 10.2. The van der Waals surface area contributed by atoms with Crippen LogP contribution >= 0.6 is 12.2 Å². The van der Waals surface area contributed by atoms with Gasteiger partial charge in [-0.05, 0) is 86.4 Å². The maximum Gasteiger partial charge on any atom is 0.264 e. The Labute approximate surface area is 148 Å². The molecule has 0 aliphatic carbocycles. The summed E-state index contributed by atoms with van der Waals surface area (Å²) in [5, 5.41) is 5.89. The first-order valence-corrected chi connectivity index (χ1v) is 8.13. The molecule has 0 fully saturated rings. The third-order valence-electron chi connectivity index (χ3n) is 3.58. The lowest BCUT2D eigenvalue weighted by Crippen LogP contribution is -2.37. The first-order valence-electron chi connectivity index (χ1n) is 7.72. The van der Waals surface area contributed by atoms with Crippen molar-refractivity contribution in [3.05, 3.63) is 58.7 Å². The van der Waals surface area contributed by atoms with Gasteiger partial charge in [0, 0.05) is 5.69 Å². The summed E-state index contributed by atoms with van der Waals surface area (Å²) in [7, 11) is 0. The first kappa shape index (κ1) is 17.9. The number of nitrogens with one attached hydrogen (secondary N) is 2. The van der Waals surface area contributed by atoms with E-state index in [1.165, 1.54) is 5.56 Å². The Bertz CT molecular complexity index is 752. The van der Waals surface area contributed by atoms with E-state index in [1.54, 1.807) is 0 Å². The van der Waals surface area contributed by atoms with Gasteiger partial charge in [-0.15, -0.1) is 0 Å². The Morgan fingerprint density at radius 1 is 1.00 bits per heavy atom. The summed E-state index contributed by atoms with van der Waals surface area (Å²) < 4.78 is 5.49. The van der Waals surface area contributed by atoms with Gasteiger partial charge in [0.05, 0.1) is 0 Å². The number of ether oxygens (including phenoxy) is 1. The minimum Gasteiger partial charge on any atom is -0.484 e. The quantitative estimate of drug-likeness (QED) is 0.830. The zero-order chi connectivity index (χ0) is 17.7. The molecule has 0 aliphatic heterocycles. The second-order valence-electron chi connectivity index (χ2n) is 5.91. The molecule has 0 aromatic heterocycles. The lowest BCUT2D eigenvalue weighted by atomic mass is 10.1. The highest BCUT2D eigenvalue weighted by Crippen LogP contribution is 2.16. The van der Waals surface area contributed by atoms with Gasteiger partial charge in [-0.1, -0.05) is 12.1 Å². The highest BCUT2D eigenvalue weighted by atomic mass is 32.1. The minimum atomic E-state index is -0.296. The van der Waals surface area contributed by atoms with Gasteiger partial charge in [0.1, 0.15) is 5.75 Å². The molecule has 0 spiro atoms. The van der Waals surface area contributed by atoms with Crippen LogP contribution in [-0.2, 0) is 4.79 Å². The number of carbonyl (C=O) groups is 1. The van der Waals surface area contributed by atoms with Crippen LogP contribution in [0.25, 0.3) is 0 Å². The van der Waals surface area contributed by atoms with Crippen molar-refractivity contribution in [3.63, 3.8) is 0 Å². The fourth-order valence-corrected chi connectivity index (χ4v) is 2.56. The molecule has 0 saturated heterocycles. The van der Waals surface area contributed by atoms with Crippen molar-refractivity contribution in [1.29, 1.82) is 0 Å². The van der Waals surface area contributed by atoms with Crippen molar-refractivity contribution in [2.45, 2.75) is 27.7 Å². The molecule has 0 bridgehead atoms. The number of hydrogen-bond acceptors (Lipinski definition) is 3. The predicted octanol–water partition coefficient (Wildman–Crippen LogP) is 3.81. The molecule has 0 unspecified atom stereocenters. The third-order valence-corrected chi connectivity index (χ3v) is 3.78. The van der Waals surface area contributed by atoms with Crippen LogP contribution in [-0.4, -0.2) is 17.6 Å². The molecule has 2 aromatic rings. The van der Waals surface area contributed by atoms with E-state index in [9.17, 15) is 4.79 Å². The first-order chi connectivity index (χ1) is 11.3. The monoisotopic (exact) mass is 342 g/mol. The Morgan fingerprint density at radius 3 is 2.29 bits per heavy atom. The van der Waals surface area contributed by atoms with Crippen molar-refractivity contribution in [2.24, 2.45) is 0 Å². The lowest BCUT2D eigenvalue weighted by molar-refractivity contribution is -0.121. The average Bonchev–Trinajstić information content (AvgIpc) is 2.47. The van der Waals surface area contributed by atoms with Crippen LogP contribution < -0.4 is 15.4 Å².